The molecule has 1 aliphatic carbocycles. The van der Waals surface area contributed by atoms with E-state index in [0.29, 0.717) is 11.7 Å². The van der Waals surface area contributed by atoms with Crippen molar-refractivity contribution in [1.82, 2.24) is 9.80 Å². The highest BCUT2D eigenvalue weighted by Gasteiger charge is 2.37. The molecule has 0 spiro atoms. The van der Waals surface area contributed by atoms with E-state index in [-0.39, 0.29) is 5.41 Å². The highest BCUT2D eigenvalue weighted by atomic mass is 16.1. The molecule has 0 aromatic carbocycles. The van der Waals surface area contributed by atoms with Crippen molar-refractivity contribution < 1.29 is 4.79 Å². The highest BCUT2D eigenvalue weighted by molar-refractivity contribution is 5.87. The molecule has 2 aliphatic rings. The molecule has 1 saturated heterocycles. The fourth-order valence-electron chi connectivity index (χ4n) is 3.11. The van der Waals surface area contributed by atoms with E-state index in [1.54, 1.807) is 0 Å². The molecule has 1 heterocycles. The van der Waals surface area contributed by atoms with Crippen LogP contribution in [0.25, 0.3) is 0 Å². The van der Waals surface area contributed by atoms with Gasteiger partial charge in [-0.25, -0.2) is 0 Å². The minimum Gasteiger partial charge on any atom is -0.304 e. The molecule has 17 heavy (non-hydrogen) atoms. The quantitative estimate of drug-likeness (QED) is 0.730. The summed E-state index contributed by atoms with van der Waals surface area (Å²) in [5.74, 6) is 0.796. The lowest BCUT2D eigenvalue weighted by Gasteiger charge is -2.38. The fraction of sp³-hybridized carbons (Fsp3) is 0.929. The summed E-state index contributed by atoms with van der Waals surface area (Å²) < 4.78 is 0. The van der Waals surface area contributed by atoms with E-state index in [1.807, 2.05) is 0 Å². The number of hydrogen-bond donors (Lipinski definition) is 0. The number of likely N-dealkylation sites (N-methyl/N-ethyl adjacent to an activating group) is 1. The minimum absolute atomic E-state index is 0.0739. The van der Waals surface area contributed by atoms with Crippen LogP contribution in [-0.4, -0.2) is 55.4 Å². The van der Waals surface area contributed by atoms with E-state index < -0.39 is 0 Å². The van der Waals surface area contributed by atoms with Gasteiger partial charge in [0.1, 0.15) is 5.78 Å². The van der Waals surface area contributed by atoms with Crippen LogP contribution in [0, 0.1) is 11.3 Å². The lowest BCUT2D eigenvalue weighted by Crippen LogP contribution is -2.48. The second-order valence-electron chi connectivity index (χ2n) is 6.44. The Bertz CT molecular complexity index is 280. The van der Waals surface area contributed by atoms with E-state index in [1.165, 1.54) is 6.42 Å². The van der Waals surface area contributed by atoms with E-state index >= 15 is 0 Å². The fourth-order valence-corrected chi connectivity index (χ4v) is 3.11. The number of Topliss-reactive ketones (excluding diaryl/α,β-unsaturated/α-hetero) is 1. The molecule has 0 amide bonds. The smallest absolute Gasteiger partial charge is 0.142 e. The van der Waals surface area contributed by atoms with E-state index in [0.717, 1.165) is 45.6 Å². The predicted octanol–water partition coefficient (Wildman–Crippen LogP) is 1.63. The van der Waals surface area contributed by atoms with E-state index in [4.69, 9.17) is 0 Å². The molecule has 2 fully saturated rings. The van der Waals surface area contributed by atoms with Crippen molar-refractivity contribution in [2.45, 2.75) is 33.1 Å². The van der Waals surface area contributed by atoms with Crippen molar-refractivity contribution >= 4 is 5.78 Å². The SMILES string of the molecule is CN1CCN(CC2CCCC(C)(C)C2=O)CC1. The van der Waals surface area contributed by atoms with Gasteiger partial charge in [-0.15, -0.1) is 0 Å². The first-order valence-electron chi connectivity index (χ1n) is 6.94. The van der Waals surface area contributed by atoms with Gasteiger partial charge in [-0.3, -0.25) is 4.79 Å². The molecule has 3 nitrogen and oxygen atoms in total. The highest BCUT2D eigenvalue weighted by Crippen LogP contribution is 2.35. The summed E-state index contributed by atoms with van der Waals surface area (Å²) in [5.41, 5.74) is -0.0739. The van der Waals surface area contributed by atoms with Crippen LogP contribution in [0.3, 0.4) is 0 Å². The van der Waals surface area contributed by atoms with Gasteiger partial charge in [0.25, 0.3) is 0 Å². The molecule has 3 heteroatoms. The Morgan fingerprint density at radius 2 is 1.88 bits per heavy atom. The molecule has 0 aromatic heterocycles. The number of piperazine rings is 1. The van der Waals surface area contributed by atoms with Crippen LogP contribution in [0.4, 0.5) is 0 Å². The Balaban J connectivity index is 1.88. The first kappa shape index (κ1) is 13.0. The van der Waals surface area contributed by atoms with Gasteiger partial charge in [0, 0.05) is 44.1 Å². The Morgan fingerprint density at radius 3 is 2.53 bits per heavy atom. The van der Waals surface area contributed by atoms with Crippen molar-refractivity contribution in [2.75, 3.05) is 39.8 Å². The second kappa shape index (κ2) is 5.07. The standard InChI is InChI=1S/C14H26N2O/c1-14(2)6-4-5-12(13(14)17)11-16-9-7-15(3)8-10-16/h12H,4-11H2,1-3H3. The van der Waals surface area contributed by atoms with Gasteiger partial charge in [0.05, 0.1) is 0 Å². The van der Waals surface area contributed by atoms with Gasteiger partial charge in [-0.05, 0) is 19.9 Å². The molecule has 0 radical (unpaired) electrons. The van der Waals surface area contributed by atoms with Crippen molar-refractivity contribution in [3.05, 3.63) is 0 Å². The summed E-state index contributed by atoms with van der Waals surface area (Å²) in [6.45, 7) is 9.77. The third kappa shape index (κ3) is 3.08. The van der Waals surface area contributed by atoms with Crippen molar-refractivity contribution in [1.29, 1.82) is 0 Å². The first-order chi connectivity index (χ1) is 7.99. The summed E-state index contributed by atoms with van der Waals surface area (Å²) >= 11 is 0. The van der Waals surface area contributed by atoms with Crippen molar-refractivity contribution in [3.63, 3.8) is 0 Å². The molecule has 0 bridgehead atoms. The number of ketones is 1. The van der Waals surface area contributed by atoms with Crippen LogP contribution in [0.1, 0.15) is 33.1 Å². The largest absolute Gasteiger partial charge is 0.304 e. The van der Waals surface area contributed by atoms with Crippen LogP contribution >= 0.6 is 0 Å². The maximum absolute atomic E-state index is 12.3. The Hall–Kier alpha value is -0.410. The monoisotopic (exact) mass is 238 g/mol. The lowest BCUT2D eigenvalue weighted by atomic mass is 9.71. The van der Waals surface area contributed by atoms with Gasteiger partial charge < -0.3 is 9.80 Å². The average Bonchev–Trinajstić information content (AvgIpc) is 2.28. The second-order valence-corrected chi connectivity index (χ2v) is 6.44. The Morgan fingerprint density at radius 1 is 1.24 bits per heavy atom. The van der Waals surface area contributed by atoms with Gasteiger partial charge in [-0.1, -0.05) is 20.3 Å². The van der Waals surface area contributed by atoms with Crippen molar-refractivity contribution in [2.24, 2.45) is 11.3 Å². The molecule has 98 valence electrons. The molecular formula is C14H26N2O. The van der Waals surface area contributed by atoms with E-state index in [9.17, 15) is 4.79 Å². The van der Waals surface area contributed by atoms with Gasteiger partial charge in [0.2, 0.25) is 0 Å². The Kier molecular flexibility index (Phi) is 3.88. The molecule has 0 N–H and O–H groups in total. The molecule has 2 rings (SSSR count). The predicted molar refractivity (Wildman–Crippen MR) is 70.1 cm³/mol. The maximum Gasteiger partial charge on any atom is 0.142 e. The molecule has 0 aromatic rings. The molecule has 1 aliphatic heterocycles. The summed E-state index contributed by atoms with van der Waals surface area (Å²) in [4.78, 5) is 17.2. The third-order valence-corrected chi connectivity index (χ3v) is 4.47. The number of carbonyl (C=O) groups excluding carboxylic acids is 1. The first-order valence-corrected chi connectivity index (χ1v) is 6.94. The van der Waals surface area contributed by atoms with Gasteiger partial charge in [0.15, 0.2) is 0 Å². The molecule has 1 unspecified atom stereocenters. The zero-order chi connectivity index (χ0) is 12.5. The average molecular weight is 238 g/mol. The Labute approximate surface area is 105 Å². The number of nitrogens with zero attached hydrogens (tertiary/aromatic N) is 2. The number of hydrogen-bond acceptors (Lipinski definition) is 3. The van der Waals surface area contributed by atoms with Crippen molar-refractivity contribution in [3.8, 4) is 0 Å². The molecular weight excluding hydrogens is 212 g/mol. The molecule has 1 saturated carbocycles. The van der Waals surface area contributed by atoms with Gasteiger partial charge >= 0.3 is 0 Å². The van der Waals surface area contributed by atoms with Crippen LogP contribution in [0.15, 0.2) is 0 Å². The van der Waals surface area contributed by atoms with Crippen LogP contribution in [0.5, 0.6) is 0 Å². The minimum atomic E-state index is -0.0739. The summed E-state index contributed by atoms with van der Waals surface area (Å²) in [7, 11) is 2.17. The van der Waals surface area contributed by atoms with E-state index in [2.05, 4.69) is 30.7 Å². The third-order valence-electron chi connectivity index (χ3n) is 4.47. The van der Waals surface area contributed by atoms with Crippen LogP contribution < -0.4 is 0 Å². The maximum atomic E-state index is 12.3. The lowest BCUT2D eigenvalue weighted by molar-refractivity contribution is -0.135. The van der Waals surface area contributed by atoms with Crippen LogP contribution in [-0.2, 0) is 4.79 Å². The summed E-state index contributed by atoms with van der Waals surface area (Å²) in [5, 5.41) is 0. The molecule has 1 atom stereocenters. The van der Waals surface area contributed by atoms with Crippen LogP contribution in [0.2, 0.25) is 0 Å². The zero-order valence-electron chi connectivity index (χ0n) is 11.5. The normalized spacial score (nSPS) is 31.7. The summed E-state index contributed by atoms with van der Waals surface area (Å²) in [6, 6.07) is 0. The zero-order valence-corrected chi connectivity index (χ0v) is 11.5. The van der Waals surface area contributed by atoms with Gasteiger partial charge in [-0.2, -0.15) is 0 Å². The number of rotatable bonds is 2. The summed E-state index contributed by atoms with van der Waals surface area (Å²) in [6.07, 6.45) is 3.40. The topological polar surface area (TPSA) is 23.6 Å². The number of carbonyl (C=O) groups is 1.